The molecule has 0 aliphatic carbocycles. The van der Waals surface area contributed by atoms with E-state index in [-0.39, 0.29) is 24.8 Å². The average molecular weight is 315 g/mol. The third kappa shape index (κ3) is 3.68. The van der Waals surface area contributed by atoms with E-state index >= 15 is 0 Å². The average Bonchev–Trinajstić information content (AvgIpc) is 2.89. The second-order valence-electron chi connectivity index (χ2n) is 5.41. The molecular formula is C18H21NO4. The predicted octanol–water partition coefficient (Wildman–Crippen LogP) is 2.84. The first-order valence-corrected chi connectivity index (χ1v) is 7.56. The van der Waals surface area contributed by atoms with Gasteiger partial charge in [0.2, 0.25) is 5.78 Å². The molecule has 2 N–H and O–H groups in total. The van der Waals surface area contributed by atoms with Gasteiger partial charge in [0.25, 0.3) is 0 Å². The molecule has 0 saturated heterocycles. The molecule has 0 saturated carbocycles. The number of aromatic amines is 1. The molecular weight excluding hydrogens is 294 g/mol. The van der Waals surface area contributed by atoms with Gasteiger partial charge in [0.05, 0.1) is 12.3 Å². The van der Waals surface area contributed by atoms with E-state index in [1.54, 1.807) is 31.2 Å². The number of Topliss-reactive ketones (excluding diaryl/α,β-unsaturated/α-hetero) is 2. The van der Waals surface area contributed by atoms with Gasteiger partial charge < -0.3 is 14.8 Å². The summed E-state index contributed by atoms with van der Waals surface area (Å²) in [4.78, 5) is 27.2. The first-order chi connectivity index (χ1) is 11.0. The van der Waals surface area contributed by atoms with Crippen LogP contribution in [-0.4, -0.2) is 28.3 Å². The maximum Gasteiger partial charge on any atom is 0.216 e. The normalized spacial score (nSPS) is 10.6. The van der Waals surface area contributed by atoms with Gasteiger partial charge in [-0.15, -0.1) is 0 Å². The lowest BCUT2D eigenvalue weighted by molar-refractivity contribution is 0.0916. The summed E-state index contributed by atoms with van der Waals surface area (Å²) in [5.74, 6) is 0.274. The molecule has 1 aromatic heterocycles. The maximum atomic E-state index is 12.4. The van der Waals surface area contributed by atoms with Crippen LogP contribution in [0.5, 0.6) is 5.75 Å². The van der Waals surface area contributed by atoms with E-state index < -0.39 is 0 Å². The Balaban J connectivity index is 2.18. The van der Waals surface area contributed by atoms with Crippen molar-refractivity contribution >= 4 is 11.6 Å². The van der Waals surface area contributed by atoms with Gasteiger partial charge in [0.15, 0.2) is 12.4 Å². The highest BCUT2D eigenvalue weighted by atomic mass is 16.5. The van der Waals surface area contributed by atoms with Gasteiger partial charge in [0.1, 0.15) is 5.75 Å². The van der Waals surface area contributed by atoms with Crippen LogP contribution in [0, 0.1) is 6.92 Å². The Bertz CT molecular complexity index is 731. The predicted molar refractivity (Wildman–Crippen MR) is 87.1 cm³/mol. The van der Waals surface area contributed by atoms with Crippen LogP contribution in [0.1, 0.15) is 51.5 Å². The lowest BCUT2D eigenvalue weighted by Gasteiger charge is -2.07. The molecule has 2 rings (SSSR count). The summed E-state index contributed by atoms with van der Waals surface area (Å²) < 4.78 is 5.51. The van der Waals surface area contributed by atoms with Gasteiger partial charge in [-0.05, 0) is 43.5 Å². The summed E-state index contributed by atoms with van der Waals surface area (Å²) in [7, 11) is 0. The second-order valence-corrected chi connectivity index (χ2v) is 5.41. The summed E-state index contributed by atoms with van der Waals surface area (Å²) >= 11 is 0. The van der Waals surface area contributed by atoms with Crippen molar-refractivity contribution in [2.45, 2.75) is 33.8 Å². The molecule has 23 heavy (non-hydrogen) atoms. The molecule has 0 fully saturated rings. The fourth-order valence-electron chi connectivity index (χ4n) is 2.70. The lowest BCUT2D eigenvalue weighted by Crippen LogP contribution is -2.14. The number of nitrogens with one attached hydrogen (secondary N) is 1. The number of aromatic nitrogens is 1. The van der Waals surface area contributed by atoms with E-state index in [4.69, 9.17) is 9.84 Å². The van der Waals surface area contributed by atoms with Gasteiger partial charge >= 0.3 is 0 Å². The summed E-state index contributed by atoms with van der Waals surface area (Å²) in [5.41, 5.74) is 3.21. The number of H-pyrrole nitrogens is 1. The molecule has 0 bridgehead atoms. The molecule has 2 aromatic rings. The van der Waals surface area contributed by atoms with Crippen LogP contribution >= 0.6 is 0 Å². The zero-order chi connectivity index (χ0) is 17.0. The van der Waals surface area contributed by atoms with Crippen LogP contribution in [0.3, 0.4) is 0 Å². The standard InChI is InChI=1S/C18H21NO4/c1-4-15-17(12(3)21)11(2)19-18(15)16(22)10-23-14-7-5-6-13(8-14)9-20/h5-8,19-20H,4,9-10H2,1-3H3. The Hall–Kier alpha value is -2.40. The number of ketones is 2. The lowest BCUT2D eigenvalue weighted by atomic mass is 10.0. The van der Waals surface area contributed by atoms with Crippen molar-refractivity contribution < 1.29 is 19.4 Å². The van der Waals surface area contributed by atoms with Crippen LogP contribution in [0.4, 0.5) is 0 Å². The van der Waals surface area contributed by atoms with Crippen molar-refractivity contribution in [1.82, 2.24) is 4.98 Å². The summed E-state index contributed by atoms with van der Waals surface area (Å²) in [6, 6.07) is 6.95. The van der Waals surface area contributed by atoms with Gasteiger partial charge in [-0.3, -0.25) is 9.59 Å². The first-order valence-electron chi connectivity index (χ1n) is 7.56. The van der Waals surface area contributed by atoms with Gasteiger partial charge in [0, 0.05) is 11.3 Å². The number of benzene rings is 1. The second kappa shape index (κ2) is 7.24. The van der Waals surface area contributed by atoms with Crippen molar-refractivity contribution in [2.24, 2.45) is 0 Å². The quantitative estimate of drug-likeness (QED) is 0.770. The SMILES string of the molecule is CCc1c(C(=O)COc2cccc(CO)c2)[nH]c(C)c1C(C)=O. The van der Waals surface area contributed by atoms with Crippen LogP contribution in [0.25, 0.3) is 0 Å². The van der Waals surface area contributed by atoms with Crippen molar-refractivity contribution in [3.63, 3.8) is 0 Å². The number of aryl methyl sites for hydroxylation is 1. The van der Waals surface area contributed by atoms with Crippen molar-refractivity contribution in [2.75, 3.05) is 6.61 Å². The number of hydrogen-bond acceptors (Lipinski definition) is 4. The summed E-state index contributed by atoms with van der Waals surface area (Å²) in [5, 5.41) is 9.11. The number of rotatable bonds is 7. The first kappa shape index (κ1) is 17.0. The molecule has 5 nitrogen and oxygen atoms in total. The van der Waals surface area contributed by atoms with Crippen LogP contribution in [0.15, 0.2) is 24.3 Å². The molecule has 0 amide bonds. The van der Waals surface area contributed by atoms with E-state index in [1.165, 1.54) is 6.92 Å². The minimum absolute atomic E-state index is 0.0498. The van der Waals surface area contributed by atoms with Crippen LogP contribution in [-0.2, 0) is 13.0 Å². The zero-order valence-corrected chi connectivity index (χ0v) is 13.6. The molecule has 0 radical (unpaired) electrons. The van der Waals surface area contributed by atoms with Crippen LogP contribution < -0.4 is 4.74 Å². The van der Waals surface area contributed by atoms with E-state index in [2.05, 4.69) is 4.98 Å². The summed E-state index contributed by atoms with van der Waals surface area (Å²) in [6.45, 7) is 5.00. The maximum absolute atomic E-state index is 12.4. The Morgan fingerprint density at radius 2 is 2.04 bits per heavy atom. The molecule has 1 heterocycles. The molecule has 0 atom stereocenters. The molecule has 0 aliphatic rings. The van der Waals surface area contributed by atoms with Crippen molar-refractivity contribution in [1.29, 1.82) is 0 Å². The van der Waals surface area contributed by atoms with E-state index in [0.29, 0.717) is 29.1 Å². The third-order valence-electron chi connectivity index (χ3n) is 3.73. The number of ether oxygens (including phenoxy) is 1. The minimum Gasteiger partial charge on any atom is -0.485 e. The Labute approximate surface area is 135 Å². The van der Waals surface area contributed by atoms with Gasteiger partial charge in [-0.1, -0.05) is 19.1 Å². The molecule has 5 heteroatoms. The number of hydrogen-bond donors (Lipinski definition) is 2. The Morgan fingerprint density at radius 1 is 1.30 bits per heavy atom. The number of aliphatic hydroxyl groups excluding tert-OH is 1. The highest BCUT2D eigenvalue weighted by Gasteiger charge is 2.21. The van der Waals surface area contributed by atoms with Gasteiger partial charge in [-0.2, -0.15) is 0 Å². The molecule has 0 unspecified atom stereocenters. The highest BCUT2D eigenvalue weighted by Crippen LogP contribution is 2.21. The highest BCUT2D eigenvalue weighted by molar-refractivity contribution is 6.03. The largest absolute Gasteiger partial charge is 0.485 e. The third-order valence-corrected chi connectivity index (χ3v) is 3.73. The number of carbonyl (C=O) groups excluding carboxylic acids is 2. The molecule has 0 spiro atoms. The minimum atomic E-state index is -0.202. The Kier molecular flexibility index (Phi) is 5.34. The van der Waals surface area contributed by atoms with E-state index in [1.807, 2.05) is 6.92 Å². The fraction of sp³-hybridized carbons (Fsp3) is 0.333. The number of carbonyl (C=O) groups is 2. The molecule has 1 aromatic carbocycles. The zero-order valence-electron chi connectivity index (χ0n) is 13.6. The number of aliphatic hydroxyl groups is 1. The molecule has 122 valence electrons. The fourth-order valence-corrected chi connectivity index (χ4v) is 2.70. The van der Waals surface area contributed by atoms with Crippen molar-refractivity contribution in [3.05, 3.63) is 52.3 Å². The summed E-state index contributed by atoms with van der Waals surface area (Å²) in [6.07, 6.45) is 0.598. The van der Waals surface area contributed by atoms with Crippen LogP contribution in [0.2, 0.25) is 0 Å². The van der Waals surface area contributed by atoms with Gasteiger partial charge in [-0.25, -0.2) is 0 Å². The monoisotopic (exact) mass is 315 g/mol. The molecule has 0 aliphatic heterocycles. The topological polar surface area (TPSA) is 79.4 Å². The van der Waals surface area contributed by atoms with E-state index in [0.717, 1.165) is 11.1 Å². The van der Waals surface area contributed by atoms with E-state index in [9.17, 15) is 9.59 Å². The van der Waals surface area contributed by atoms with Crippen molar-refractivity contribution in [3.8, 4) is 5.75 Å². The Morgan fingerprint density at radius 3 is 2.65 bits per heavy atom. The smallest absolute Gasteiger partial charge is 0.216 e.